The third-order valence-corrected chi connectivity index (χ3v) is 3.80. The normalized spacial score (nSPS) is 11.6. The van der Waals surface area contributed by atoms with E-state index in [0.29, 0.717) is 18.7 Å². The Bertz CT molecular complexity index is 707. The van der Waals surface area contributed by atoms with Gasteiger partial charge in [-0.3, -0.25) is 9.59 Å². The van der Waals surface area contributed by atoms with Gasteiger partial charge < -0.3 is 15.2 Å². The summed E-state index contributed by atoms with van der Waals surface area (Å²) in [5, 5.41) is 11.8. The number of benzene rings is 2. The maximum atomic E-state index is 12.1. The van der Waals surface area contributed by atoms with Crippen molar-refractivity contribution in [2.24, 2.45) is 5.92 Å². The zero-order chi connectivity index (χ0) is 18.2. The lowest BCUT2D eigenvalue weighted by Gasteiger charge is -2.09. The topological polar surface area (TPSA) is 75.6 Å². The highest BCUT2D eigenvalue weighted by molar-refractivity contribution is 5.92. The number of carboxylic acid groups (broad SMARTS) is 1. The van der Waals surface area contributed by atoms with E-state index in [2.05, 4.69) is 5.32 Å². The predicted molar refractivity (Wildman–Crippen MR) is 96.9 cm³/mol. The van der Waals surface area contributed by atoms with Gasteiger partial charge in [0, 0.05) is 5.69 Å². The summed E-state index contributed by atoms with van der Waals surface area (Å²) in [6.45, 7) is 4.21. The molecule has 0 radical (unpaired) electrons. The van der Waals surface area contributed by atoms with Crippen LogP contribution in [0.25, 0.3) is 0 Å². The fourth-order valence-electron chi connectivity index (χ4n) is 2.43. The van der Waals surface area contributed by atoms with E-state index in [1.165, 1.54) is 0 Å². The van der Waals surface area contributed by atoms with Crippen LogP contribution in [0.2, 0.25) is 0 Å². The van der Waals surface area contributed by atoms with Gasteiger partial charge >= 0.3 is 5.97 Å². The minimum Gasteiger partial charge on any atom is -0.494 e. The lowest BCUT2D eigenvalue weighted by molar-refractivity contribution is -0.141. The molecule has 5 nitrogen and oxygen atoms in total. The molecule has 25 heavy (non-hydrogen) atoms. The maximum Gasteiger partial charge on any atom is 0.306 e. The average molecular weight is 341 g/mol. The molecule has 1 amide bonds. The van der Waals surface area contributed by atoms with E-state index in [1.54, 1.807) is 19.1 Å². The molecular formula is C20H23NO4. The molecule has 0 fully saturated rings. The first-order valence-corrected chi connectivity index (χ1v) is 8.31. The Morgan fingerprint density at radius 2 is 1.64 bits per heavy atom. The Morgan fingerprint density at radius 1 is 1.04 bits per heavy atom. The Balaban J connectivity index is 1.88. The van der Waals surface area contributed by atoms with E-state index in [1.807, 2.05) is 43.3 Å². The molecule has 0 bridgehead atoms. The van der Waals surface area contributed by atoms with Gasteiger partial charge in [0.05, 0.1) is 18.9 Å². The van der Waals surface area contributed by atoms with Gasteiger partial charge in [-0.15, -0.1) is 0 Å². The highest BCUT2D eigenvalue weighted by atomic mass is 16.5. The second-order valence-electron chi connectivity index (χ2n) is 5.94. The minimum atomic E-state index is -0.812. The first kappa shape index (κ1) is 18.5. The molecule has 0 aliphatic heterocycles. The summed E-state index contributed by atoms with van der Waals surface area (Å²) in [5.74, 6) is -0.554. The largest absolute Gasteiger partial charge is 0.494 e. The van der Waals surface area contributed by atoms with E-state index in [4.69, 9.17) is 9.84 Å². The number of anilines is 1. The first-order chi connectivity index (χ1) is 12.0. The second-order valence-corrected chi connectivity index (χ2v) is 5.94. The van der Waals surface area contributed by atoms with Gasteiger partial charge in [-0.1, -0.05) is 31.2 Å². The Morgan fingerprint density at radius 3 is 2.20 bits per heavy atom. The standard InChI is InChI=1S/C20H23NO4/c1-3-25-18-10-6-16(7-11-18)13-19(22)21-17-8-4-15(5-9-17)12-14(2)20(23)24/h4-11,14H,3,12-13H2,1-2H3,(H,21,22)(H,23,24). The minimum absolute atomic E-state index is 0.101. The number of hydrogen-bond acceptors (Lipinski definition) is 3. The quantitative estimate of drug-likeness (QED) is 0.770. The summed E-state index contributed by atoms with van der Waals surface area (Å²) in [6.07, 6.45) is 0.750. The Kier molecular flexibility index (Phi) is 6.57. The third kappa shape index (κ3) is 5.95. The summed E-state index contributed by atoms with van der Waals surface area (Å²) < 4.78 is 5.38. The van der Waals surface area contributed by atoms with Gasteiger partial charge in [0.2, 0.25) is 5.91 Å². The van der Waals surface area contributed by atoms with Crippen LogP contribution in [0.1, 0.15) is 25.0 Å². The fraction of sp³-hybridized carbons (Fsp3) is 0.300. The Hall–Kier alpha value is -2.82. The molecule has 0 aliphatic rings. The molecule has 0 aliphatic carbocycles. The molecule has 0 spiro atoms. The molecule has 0 saturated heterocycles. The number of ether oxygens (including phenoxy) is 1. The molecule has 1 atom stereocenters. The Labute approximate surface area is 147 Å². The molecule has 2 aromatic rings. The number of rotatable bonds is 8. The van der Waals surface area contributed by atoms with Crippen LogP contribution in [-0.4, -0.2) is 23.6 Å². The van der Waals surface area contributed by atoms with Crippen molar-refractivity contribution in [3.8, 4) is 5.75 Å². The van der Waals surface area contributed by atoms with Crippen LogP contribution < -0.4 is 10.1 Å². The van der Waals surface area contributed by atoms with Crippen LogP contribution in [0, 0.1) is 5.92 Å². The number of aliphatic carboxylic acids is 1. The lowest BCUT2D eigenvalue weighted by Crippen LogP contribution is -2.15. The zero-order valence-electron chi connectivity index (χ0n) is 14.5. The number of amides is 1. The summed E-state index contributed by atoms with van der Waals surface area (Å²) in [5.41, 5.74) is 2.54. The van der Waals surface area contributed by atoms with Crippen LogP contribution >= 0.6 is 0 Å². The van der Waals surface area contributed by atoms with Gasteiger partial charge in [0.15, 0.2) is 0 Å². The van der Waals surface area contributed by atoms with Crippen molar-refractivity contribution in [1.82, 2.24) is 0 Å². The molecule has 2 rings (SSSR count). The van der Waals surface area contributed by atoms with Crippen molar-refractivity contribution >= 4 is 17.6 Å². The fourth-order valence-corrected chi connectivity index (χ4v) is 2.43. The van der Waals surface area contributed by atoms with E-state index >= 15 is 0 Å². The van der Waals surface area contributed by atoms with Crippen LogP contribution in [-0.2, 0) is 22.4 Å². The van der Waals surface area contributed by atoms with E-state index in [9.17, 15) is 9.59 Å². The third-order valence-electron chi connectivity index (χ3n) is 3.80. The molecule has 0 aromatic heterocycles. The van der Waals surface area contributed by atoms with Gasteiger partial charge in [0.25, 0.3) is 0 Å². The van der Waals surface area contributed by atoms with E-state index in [-0.39, 0.29) is 12.3 Å². The molecule has 5 heteroatoms. The average Bonchev–Trinajstić information content (AvgIpc) is 2.58. The zero-order valence-corrected chi connectivity index (χ0v) is 14.5. The molecular weight excluding hydrogens is 318 g/mol. The number of carbonyl (C=O) groups excluding carboxylic acids is 1. The van der Waals surface area contributed by atoms with Crippen molar-refractivity contribution < 1.29 is 19.4 Å². The van der Waals surface area contributed by atoms with Crippen LogP contribution in [0.5, 0.6) is 5.75 Å². The monoisotopic (exact) mass is 341 g/mol. The van der Waals surface area contributed by atoms with Gasteiger partial charge in [0.1, 0.15) is 5.75 Å². The van der Waals surface area contributed by atoms with Crippen LogP contribution in [0.3, 0.4) is 0 Å². The van der Waals surface area contributed by atoms with Crippen molar-refractivity contribution in [3.63, 3.8) is 0 Å². The second kappa shape index (κ2) is 8.87. The molecule has 132 valence electrons. The van der Waals surface area contributed by atoms with Crippen LogP contribution in [0.4, 0.5) is 5.69 Å². The number of hydrogen-bond donors (Lipinski definition) is 2. The SMILES string of the molecule is CCOc1ccc(CC(=O)Nc2ccc(CC(C)C(=O)O)cc2)cc1. The van der Waals surface area contributed by atoms with Crippen molar-refractivity contribution in [3.05, 3.63) is 59.7 Å². The molecule has 1 unspecified atom stereocenters. The summed E-state index contributed by atoms with van der Waals surface area (Å²) in [6, 6.07) is 14.7. The molecule has 2 N–H and O–H groups in total. The van der Waals surface area contributed by atoms with Gasteiger partial charge in [-0.25, -0.2) is 0 Å². The summed E-state index contributed by atoms with van der Waals surface area (Å²) >= 11 is 0. The molecule has 0 saturated carbocycles. The van der Waals surface area contributed by atoms with E-state index in [0.717, 1.165) is 16.9 Å². The predicted octanol–water partition coefficient (Wildman–Crippen LogP) is 3.53. The van der Waals surface area contributed by atoms with Gasteiger partial charge in [-0.05, 0) is 48.7 Å². The highest BCUT2D eigenvalue weighted by Gasteiger charge is 2.11. The highest BCUT2D eigenvalue weighted by Crippen LogP contribution is 2.15. The van der Waals surface area contributed by atoms with Gasteiger partial charge in [-0.2, -0.15) is 0 Å². The first-order valence-electron chi connectivity index (χ1n) is 8.31. The van der Waals surface area contributed by atoms with Crippen molar-refractivity contribution in [1.29, 1.82) is 0 Å². The summed E-state index contributed by atoms with van der Waals surface area (Å²) in [7, 11) is 0. The molecule has 0 heterocycles. The molecule has 2 aromatic carbocycles. The van der Waals surface area contributed by atoms with E-state index < -0.39 is 11.9 Å². The van der Waals surface area contributed by atoms with Crippen molar-refractivity contribution in [2.75, 3.05) is 11.9 Å². The number of nitrogens with one attached hydrogen (secondary N) is 1. The lowest BCUT2D eigenvalue weighted by atomic mass is 10.0. The summed E-state index contributed by atoms with van der Waals surface area (Å²) in [4.78, 5) is 23.0. The maximum absolute atomic E-state index is 12.1. The number of carbonyl (C=O) groups is 2. The van der Waals surface area contributed by atoms with Crippen molar-refractivity contribution in [2.45, 2.75) is 26.7 Å². The smallest absolute Gasteiger partial charge is 0.306 e. The van der Waals surface area contributed by atoms with Crippen LogP contribution in [0.15, 0.2) is 48.5 Å². The number of carboxylic acids is 1.